The number of carbonyl (C=O) groups excluding carboxylic acids is 1. The molecule has 2 rings (SSSR count). The van der Waals surface area contributed by atoms with Crippen LogP contribution in [-0.2, 0) is 16.1 Å². The molecule has 1 atom stereocenters. The van der Waals surface area contributed by atoms with E-state index in [2.05, 4.69) is 15.0 Å². The molecule has 0 radical (unpaired) electrons. The third-order valence-electron chi connectivity index (χ3n) is 3.59. The third kappa shape index (κ3) is 4.21. The minimum absolute atomic E-state index is 0.0498. The van der Waals surface area contributed by atoms with E-state index < -0.39 is 0 Å². The molecule has 0 unspecified atom stereocenters. The molecule has 5 nitrogen and oxygen atoms in total. The Bertz CT molecular complexity index is 433. The number of nitrogens with one attached hydrogen (secondary N) is 1. The topological polar surface area (TPSA) is 50.8 Å². The summed E-state index contributed by atoms with van der Waals surface area (Å²) in [5, 5.41) is 3.32. The van der Waals surface area contributed by atoms with E-state index in [1.165, 1.54) is 19.1 Å². The van der Waals surface area contributed by atoms with Crippen molar-refractivity contribution < 1.29 is 14.3 Å². The van der Waals surface area contributed by atoms with Crippen molar-refractivity contribution >= 4 is 5.97 Å². The van der Waals surface area contributed by atoms with Crippen molar-refractivity contribution in [2.45, 2.75) is 19.0 Å². The van der Waals surface area contributed by atoms with Crippen LogP contribution in [0.5, 0.6) is 5.75 Å². The predicted octanol–water partition coefficient (Wildman–Crippen LogP) is 1.03. The Balaban J connectivity index is 1.81. The van der Waals surface area contributed by atoms with Gasteiger partial charge in [-0.2, -0.15) is 0 Å². The van der Waals surface area contributed by atoms with Crippen molar-refractivity contribution in [3.8, 4) is 5.75 Å². The van der Waals surface area contributed by atoms with Crippen LogP contribution in [0.1, 0.15) is 12.0 Å². The lowest BCUT2D eigenvalue weighted by Crippen LogP contribution is -2.29. The number of ether oxygens (including phenoxy) is 2. The molecule has 1 aliphatic rings. The first kappa shape index (κ1) is 14.8. The Morgan fingerprint density at radius 2 is 2.15 bits per heavy atom. The van der Waals surface area contributed by atoms with Gasteiger partial charge in [0, 0.05) is 25.7 Å². The normalized spacial score (nSPS) is 19.0. The summed E-state index contributed by atoms with van der Waals surface area (Å²) in [6, 6.07) is 8.48. The van der Waals surface area contributed by atoms with E-state index in [1.54, 1.807) is 0 Å². The van der Waals surface area contributed by atoms with Crippen LogP contribution < -0.4 is 10.1 Å². The van der Waals surface area contributed by atoms with Crippen molar-refractivity contribution in [1.82, 2.24) is 10.2 Å². The number of esters is 1. The van der Waals surface area contributed by atoms with Crippen molar-refractivity contribution in [3.63, 3.8) is 0 Å². The molecule has 1 fully saturated rings. The highest BCUT2D eigenvalue weighted by atomic mass is 16.6. The van der Waals surface area contributed by atoms with Crippen LogP contribution in [0, 0.1) is 0 Å². The maximum atomic E-state index is 11.0. The number of benzene rings is 1. The van der Waals surface area contributed by atoms with Crippen LogP contribution in [0.15, 0.2) is 24.3 Å². The fourth-order valence-corrected chi connectivity index (χ4v) is 2.36. The number of carbonyl (C=O) groups is 1. The highest BCUT2D eigenvalue weighted by molar-refractivity contribution is 5.70. The number of hydrogen-bond donors (Lipinski definition) is 1. The van der Waals surface area contributed by atoms with Crippen LogP contribution in [0.25, 0.3) is 0 Å². The van der Waals surface area contributed by atoms with Crippen LogP contribution in [0.3, 0.4) is 0 Å². The van der Waals surface area contributed by atoms with Crippen LogP contribution in [0.2, 0.25) is 0 Å². The lowest BCUT2D eigenvalue weighted by atomic mass is 10.2. The number of likely N-dealkylation sites (N-methyl/N-ethyl adjacent to an activating group) is 1. The van der Waals surface area contributed by atoms with Gasteiger partial charge in [-0.3, -0.25) is 4.90 Å². The summed E-state index contributed by atoms with van der Waals surface area (Å²) in [4.78, 5) is 13.4. The SMILES string of the molecule is CN[C@@H]1CCN(Cc2ccc(OCC(=O)OC)cc2)C1. The maximum Gasteiger partial charge on any atom is 0.343 e. The molecular weight excluding hydrogens is 256 g/mol. The Morgan fingerprint density at radius 1 is 1.40 bits per heavy atom. The molecule has 1 aliphatic heterocycles. The van der Waals surface area contributed by atoms with Crippen molar-refractivity contribution in [2.75, 3.05) is 33.9 Å². The monoisotopic (exact) mass is 278 g/mol. The second-order valence-corrected chi connectivity index (χ2v) is 5.02. The summed E-state index contributed by atoms with van der Waals surface area (Å²) in [7, 11) is 3.37. The highest BCUT2D eigenvalue weighted by Gasteiger charge is 2.20. The summed E-state index contributed by atoms with van der Waals surface area (Å²) in [6.07, 6.45) is 1.21. The number of rotatable bonds is 6. The van der Waals surface area contributed by atoms with Crippen LogP contribution in [-0.4, -0.2) is 50.8 Å². The molecule has 1 aromatic rings. The van der Waals surface area contributed by atoms with Gasteiger partial charge >= 0.3 is 5.97 Å². The first-order valence-electron chi connectivity index (χ1n) is 6.89. The molecule has 1 N–H and O–H groups in total. The van der Waals surface area contributed by atoms with Gasteiger partial charge in [-0.15, -0.1) is 0 Å². The van der Waals surface area contributed by atoms with E-state index in [1.807, 2.05) is 31.3 Å². The number of nitrogens with zero attached hydrogens (tertiary/aromatic N) is 1. The predicted molar refractivity (Wildman–Crippen MR) is 76.7 cm³/mol. The molecule has 0 amide bonds. The molecule has 1 saturated heterocycles. The van der Waals surface area contributed by atoms with Gasteiger partial charge in [0.05, 0.1) is 7.11 Å². The fourth-order valence-electron chi connectivity index (χ4n) is 2.36. The first-order valence-corrected chi connectivity index (χ1v) is 6.89. The highest BCUT2D eigenvalue weighted by Crippen LogP contribution is 2.16. The average molecular weight is 278 g/mol. The Kier molecular flexibility index (Phi) is 5.38. The minimum atomic E-state index is -0.371. The maximum absolute atomic E-state index is 11.0. The number of hydrogen-bond acceptors (Lipinski definition) is 5. The van der Waals surface area contributed by atoms with Crippen LogP contribution >= 0.6 is 0 Å². The van der Waals surface area contributed by atoms with Gasteiger partial charge < -0.3 is 14.8 Å². The molecule has 20 heavy (non-hydrogen) atoms. The van der Waals surface area contributed by atoms with Crippen molar-refractivity contribution in [1.29, 1.82) is 0 Å². The smallest absolute Gasteiger partial charge is 0.343 e. The lowest BCUT2D eigenvalue weighted by Gasteiger charge is -2.16. The van der Waals surface area contributed by atoms with Gasteiger partial charge in [0.1, 0.15) is 5.75 Å². The molecular formula is C15H22N2O3. The van der Waals surface area contributed by atoms with E-state index in [4.69, 9.17) is 4.74 Å². The summed E-state index contributed by atoms with van der Waals surface area (Å²) < 4.78 is 9.85. The largest absolute Gasteiger partial charge is 0.482 e. The van der Waals surface area contributed by atoms with Gasteiger partial charge in [-0.25, -0.2) is 4.79 Å². The average Bonchev–Trinajstić information content (AvgIpc) is 2.94. The van der Waals surface area contributed by atoms with Gasteiger partial charge in [0.2, 0.25) is 0 Å². The van der Waals surface area contributed by atoms with E-state index in [9.17, 15) is 4.79 Å². The van der Waals surface area contributed by atoms with E-state index in [0.717, 1.165) is 19.6 Å². The molecule has 0 saturated carbocycles. The van der Waals surface area contributed by atoms with E-state index in [0.29, 0.717) is 11.8 Å². The van der Waals surface area contributed by atoms with Crippen molar-refractivity contribution in [3.05, 3.63) is 29.8 Å². The minimum Gasteiger partial charge on any atom is -0.482 e. The van der Waals surface area contributed by atoms with E-state index >= 15 is 0 Å². The van der Waals surface area contributed by atoms with Crippen molar-refractivity contribution in [2.24, 2.45) is 0 Å². The number of methoxy groups -OCH3 is 1. The Hall–Kier alpha value is -1.59. The first-order chi connectivity index (χ1) is 9.71. The third-order valence-corrected chi connectivity index (χ3v) is 3.59. The molecule has 0 aromatic heterocycles. The molecule has 5 heteroatoms. The molecule has 1 heterocycles. The summed E-state index contributed by atoms with van der Waals surface area (Å²) in [6.45, 7) is 3.13. The zero-order valence-electron chi connectivity index (χ0n) is 12.1. The second-order valence-electron chi connectivity index (χ2n) is 5.02. The molecule has 1 aromatic carbocycles. The fraction of sp³-hybridized carbons (Fsp3) is 0.533. The molecule has 110 valence electrons. The zero-order valence-corrected chi connectivity index (χ0v) is 12.1. The second kappa shape index (κ2) is 7.26. The van der Waals surface area contributed by atoms with Gasteiger partial charge in [0.15, 0.2) is 6.61 Å². The summed E-state index contributed by atoms with van der Waals surface area (Å²) in [5.41, 5.74) is 1.26. The standard InChI is InChI=1S/C15H22N2O3/c1-16-13-7-8-17(10-13)9-12-3-5-14(6-4-12)20-11-15(18)19-2/h3-6,13,16H,7-11H2,1-2H3/t13-/m1/s1. The zero-order chi connectivity index (χ0) is 14.4. The van der Waals surface area contributed by atoms with Crippen LogP contribution in [0.4, 0.5) is 0 Å². The van der Waals surface area contributed by atoms with Gasteiger partial charge in [-0.05, 0) is 31.2 Å². The molecule has 0 bridgehead atoms. The lowest BCUT2D eigenvalue weighted by molar-refractivity contribution is -0.142. The Labute approximate surface area is 119 Å². The summed E-state index contributed by atoms with van der Waals surface area (Å²) >= 11 is 0. The quantitative estimate of drug-likeness (QED) is 0.788. The molecule has 0 spiro atoms. The summed E-state index contributed by atoms with van der Waals surface area (Å²) in [5.74, 6) is 0.318. The number of likely N-dealkylation sites (tertiary alicyclic amines) is 1. The Morgan fingerprint density at radius 3 is 2.75 bits per heavy atom. The van der Waals surface area contributed by atoms with Gasteiger partial charge in [0.25, 0.3) is 0 Å². The van der Waals surface area contributed by atoms with Gasteiger partial charge in [-0.1, -0.05) is 12.1 Å². The molecule has 0 aliphatic carbocycles. The van der Waals surface area contributed by atoms with E-state index in [-0.39, 0.29) is 12.6 Å².